The molecule has 0 radical (unpaired) electrons. The number of rotatable bonds is 3. The van der Waals surface area contributed by atoms with Gasteiger partial charge in [0.25, 0.3) is 0 Å². The van der Waals surface area contributed by atoms with Gasteiger partial charge in [0.15, 0.2) is 0 Å². The molecular weight excluding hydrogens is 216 g/mol. The van der Waals surface area contributed by atoms with Crippen molar-refractivity contribution in [1.29, 1.82) is 0 Å². The topological polar surface area (TPSA) is 53.4 Å². The molecule has 1 aromatic rings. The predicted molar refractivity (Wildman–Crippen MR) is 62.8 cm³/mol. The lowest BCUT2D eigenvalue weighted by atomic mass is 9.63. The standard InChI is InChI=1S/C13H16N2O2/c16-12(17)11-3-2-10(6-14-11)7-15-8-13(9-15)4-1-5-13/h2-3,6H,1,4-5,7-9H2,(H,16,17). The minimum atomic E-state index is -0.964. The number of hydrogen-bond donors (Lipinski definition) is 1. The summed E-state index contributed by atoms with van der Waals surface area (Å²) in [6, 6.07) is 3.44. The van der Waals surface area contributed by atoms with Gasteiger partial charge >= 0.3 is 5.97 Å². The molecule has 0 bridgehead atoms. The number of carboxylic acid groups (broad SMARTS) is 1. The third kappa shape index (κ3) is 1.93. The van der Waals surface area contributed by atoms with Gasteiger partial charge in [0.1, 0.15) is 5.69 Å². The highest BCUT2D eigenvalue weighted by molar-refractivity contribution is 5.85. The second-order valence-electron chi connectivity index (χ2n) is 5.36. The van der Waals surface area contributed by atoms with Gasteiger partial charge in [-0.1, -0.05) is 12.5 Å². The van der Waals surface area contributed by atoms with Gasteiger partial charge in [0.05, 0.1) is 0 Å². The maximum Gasteiger partial charge on any atom is 0.354 e. The summed E-state index contributed by atoms with van der Waals surface area (Å²) in [7, 11) is 0. The van der Waals surface area contributed by atoms with Crippen LogP contribution in [0.4, 0.5) is 0 Å². The molecule has 1 saturated carbocycles. The van der Waals surface area contributed by atoms with E-state index in [2.05, 4.69) is 9.88 Å². The molecule has 90 valence electrons. The van der Waals surface area contributed by atoms with Crippen molar-refractivity contribution >= 4 is 5.97 Å². The zero-order valence-electron chi connectivity index (χ0n) is 9.72. The van der Waals surface area contributed by atoms with E-state index in [1.54, 1.807) is 12.3 Å². The van der Waals surface area contributed by atoms with Crippen LogP contribution in [0.3, 0.4) is 0 Å². The maximum absolute atomic E-state index is 10.7. The quantitative estimate of drug-likeness (QED) is 0.862. The minimum Gasteiger partial charge on any atom is -0.477 e. The van der Waals surface area contributed by atoms with Crippen molar-refractivity contribution in [3.63, 3.8) is 0 Å². The normalized spacial score (nSPS) is 21.9. The lowest BCUT2D eigenvalue weighted by Gasteiger charge is -2.56. The van der Waals surface area contributed by atoms with Crippen molar-refractivity contribution in [2.45, 2.75) is 25.8 Å². The van der Waals surface area contributed by atoms with Gasteiger partial charge in [-0.05, 0) is 29.9 Å². The van der Waals surface area contributed by atoms with Crippen molar-refractivity contribution < 1.29 is 9.90 Å². The molecule has 2 aliphatic rings. The molecule has 0 aromatic carbocycles. The first-order valence-electron chi connectivity index (χ1n) is 6.08. The zero-order chi connectivity index (χ0) is 11.9. The van der Waals surface area contributed by atoms with Gasteiger partial charge in [-0.3, -0.25) is 4.90 Å². The summed E-state index contributed by atoms with van der Waals surface area (Å²) in [5.74, 6) is -0.964. The Hall–Kier alpha value is -1.42. The van der Waals surface area contributed by atoms with Crippen molar-refractivity contribution in [2.24, 2.45) is 5.41 Å². The largest absolute Gasteiger partial charge is 0.477 e. The summed E-state index contributed by atoms with van der Waals surface area (Å²) in [6.07, 6.45) is 5.84. The highest BCUT2D eigenvalue weighted by Gasteiger charge is 2.46. The number of nitrogens with zero attached hydrogens (tertiary/aromatic N) is 2. The molecule has 2 fully saturated rings. The molecule has 1 aliphatic heterocycles. The van der Waals surface area contributed by atoms with E-state index in [1.807, 2.05) is 6.07 Å². The molecule has 0 amide bonds. The molecule has 4 nitrogen and oxygen atoms in total. The molecule has 0 atom stereocenters. The van der Waals surface area contributed by atoms with Crippen LogP contribution in [-0.4, -0.2) is 34.0 Å². The summed E-state index contributed by atoms with van der Waals surface area (Å²) in [4.78, 5) is 17.0. The highest BCUT2D eigenvalue weighted by Crippen LogP contribution is 2.48. The molecule has 4 heteroatoms. The SMILES string of the molecule is O=C(O)c1ccc(CN2CC3(CCC3)C2)cn1. The molecule has 1 N–H and O–H groups in total. The van der Waals surface area contributed by atoms with Crippen LogP contribution in [0.2, 0.25) is 0 Å². The van der Waals surface area contributed by atoms with E-state index in [0.29, 0.717) is 5.41 Å². The van der Waals surface area contributed by atoms with Crippen LogP contribution >= 0.6 is 0 Å². The number of carbonyl (C=O) groups is 1. The predicted octanol–water partition coefficient (Wildman–Crippen LogP) is 1.77. The number of carboxylic acids is 1. The Morgan fingerprint density at radius 1 is 1.41 bits per heavy atom. The van der Waals surface area contributed by atoms with Crippen LogP contribution < -0.4 is 0 Å². The average molecular weight is 232 g/mol. The Morgan fingerprint density at radius 2 is 2.18 bits per heavy atom. The van der Waals surface area contributed by atoms with Gasteiger partial charge in [-0.2, -0.15) is 0 Å². The molecule has 2 heterocycles. The second kappa shape index (κ2) is 3.81. The van der Waals surface area contributed by atoms with Crippen LogP contribution in [0.25, 0.3) is 0 Å². The molecule has 3 rings (SSSR count). The van der Waals surface area contributed by atoms with Crippen LogP contribution in [0.1, 0.15) is 35.3 Å². The monoisotopic (exact) mass is 232 g/mol. The summed E-state index contributed by atoms with van der Waals surface area (Å²) >= 11 is 0. The van der Waals surface area contributed by atoms with Gasteiger partial charge in [0, 0.05) is 25.8 Å². The Bertz CT molecular complexity index is 429. The first-order valence-corrected chi connectivity index (χ1v) is 6.08. The number of aromatic nitrogens is 1. The zero-order valence-corrected chi connectivity index (χ0v) is 9.72. The molecule has 1 aliphatic carbocycles. The smallest absolute Gasteiger partial charge is 0.354 e. The molecule has 0 unspecified atom stereocenters. The Kier molecular flexibility index (Phi) is 2.40. The van der Waals surface area contributed by atoms with Crippen molar-refractivity contribution in [3.8, 4) is 0 Å². The minimum absolute atomic E-state index is 0.118. The molecular formula is C13H16N2O2. The lowest BCUT2D eigenvalue weighted by molar-refractivity contribution is -0.0645. The first-order chi connectivity index (χ1) is 8.17. The second-order valence-corrected chi connectivity index (χ2v) is 5.36. The summed E-state index contributed by atoms with van der Waals surface area (Å²) in [6.45, 7) is 3.30. The van der Waals surface area contributed by atoms with Crippen LogP contribution in [0.5, 0.6) is 0 Å². The number of pyridine rings is 1. The molecule has 1 spiro atoms. The lowest BCUT2D eigenvalue weighted by Crippen LogP contribution is -2.58. The number of likely N-dealkylation sites (tertiary alicyclic amines) is 1. The fourth-order valence-corrected chi connectivity index (χ4v) is 2.91. The fourth-order valence-electron chi connectivity index (χ4n) is 2.91. The van der Waals surface area contributed by atoms with E-state index < -0.39 is 5.97 Å². The molecule has 17 heavy (non-hydrogen) atoms. The first kappa shape index (κ1) is 10.7. The van der Waals surface area contributed by atoms with Gasteiger partial charge in [-0.25, -0.2) is 9.78 Å². The molecule has 1 saturated heterocycles. The van der Waals surface area contributed by atoms with Crippen LogP contribution in [0.15, 0.2) is 18.3 Å². The van der Waals surface area contributed by atoms with Gasteiger partial charge < -0.3 is 5.11 Å². The summed E-state index contributed by atoms with van der Waals surface area (Å²) < 4.78 is 0. The summed E-state index contributed by atoms with van der Waals surface area (Å²) in [5.41, 5.74) is 1.87. The van der Waals surface area contributed by atoms with Crippen LogP contribution in [0, 0.1) is 5.41 Å². The van der Waals surface area contributed by atoms with E-state index in [9.17, 15) is 4.79 Å². The van der Waals surface area contributed by atoms with Crippen molar-refractivity contribution in [3.05, 3.63) is 29.6 Å². The number of hydrogen-bond acceptors (Lipinski definition) is 3. The van der Waals surface area contributed by atoms with Crippen molar-refractivity contribution in [2.75, 3.05) is 13.1 Å². The van der Waals surface area contributed by atoms with E-state index >= 15 is 0 Å². The van der Waals surface area contributed by atoms with Crippen molar-refractivity contribution in [1.82, 2.24) is 9.88 Å². The third-order valence-corrected chi connectivity index (χ3v) is 3.98. The van der Waals surface area contributed by atoms with Crippen LogP contribution in [-0.2, 0) is 6.54 Å². The van der Waals surface area contributed by atoms with E-state index in [1.165, 1.54) is 32.4 Å². The Morgan fingerprint density at radius 3 is 2.65 bits per heavy atom. The van der Waals surface area contributed by atoms with Gasteiger partial charge in [0.2, 0.25) is 0 Å². The third-order valence-electron chi connectivity index (χ3n) is 3.98. The molecule has 1 aromatic heterocycles. The van der Waals surface area contributed by atoms with E-state index in [4.69, 9.17) is 5.11 Å². The maximum atomic E-state index is 10.7. The Balaban J connectivity index is 1.57. The van der Waals surface area contributed by atoms with E-state index in [-0.39, 0.29) is 5.69 Å². The van der Waals surface area contributed by atoms with Gasteiger partial charge in [-0.15, -0.1) is 0 Å². The average Bonchev–Trinajstić information content (AvgIpc) is 2.20. The Labute approximate surface area is 100 Å². The highest BCUT2D eigenvalue weighted by atomic mass is 16.4. The summed E-state index contributed by atoms with van der Waals surface area (Å²) in [5, 5.41) is 8.75. The fraction of sp³-hybridized carbons (Fsp3) is 0.538. The van der Waals surface area contributed by atoms with E-state index in [0.717, 1.165) is 12.1 Å². The number of aromatic carboxylic acids is 1.